The molecule has 4 rings (SSSR count). The molecule has 0 saturated carbocycles. The maximum Gasteiger partial charge on any atom is 0.122 e. The highest BCUT2D eigenvalue weighted by molar-refractivity contribution is 6.30. The normalized spacial score (nSPS) is 17.3. The molecule has 1 aliphatic carbocycles. The molecule has 0 bridgehead atoms. The van der Waals surface area contributed by atoms with Gasteiger partial charge in [-0.2, -0.15) is 0 Å². The second kappa shape index (κ2) is 8.32. The van der Waals surface area contributed by atoms with Gasteiger partial charge in [-0.25, -0.2) is 0 Å². The second-order valence-electron chi connectivity index (χ2n) is 7.26. The Labute approximate surface area is 161 Å². The molecule has 1 fully saturated rings. The van der Waals surface area contributed by atoms with Gasteiger partial charge in [-0.15, -0.1) is 0 Å². The van der Waals surface area contributed by atoms with Crippen molar-refractivity contribution in [2.24, 2.45) is 0 Å². The van der Waals surface area contributed by atoms with E-state index < -0.39 is 0 Å². The zero-order valence-electron chi connectivity index (χ0n) is 15.3. The smallest absolute Gasteiger partial charge is 0.122 e. The minimum atomic E-state index is 0.810. The standard InChI is InChI=1S/C22H27ClN2O/c23-19-7-3-8-20(17-19)25-14-12-24(13-15-25)11-4-16-26-22-10-2-6-18-5-1-9-21(18)22/h2-3,6-8,10,17H,1,4-5,9,11-16H2. The molecule has 1 saturated heterocycles. The van der Waals surface area contributed by atoms with E-state index in [1.165, 1.54) is 36.1 Å². The maximum absolute atomic E-state index is 6.11. The van der Waals surface area contributed by atoms with Crippen LogP contribution < -0.4 is 9.64 Å². The highest BCUT2D eigenvalue weighted by Crippen LogP contribution is 2.30. The highest BCUT2D eigenvalue weighted by Gasteiger charge is 2.18. The van der Waals surface area contributed by atoms with Crippen molar-refractivity contribution in [1.82, 2.24) is 4.90 Å². The molecule has 3 nitrogen and oxygen atoms in total. The van der Waals surface area contributed by atoms with Crippen molar-refractivity contribution in [1.29, 1.82) is 0 Å². The van der Waals surface area contributed by atoms with Crippen LogP contribution in [0.15, 0.2) is 42.5 Å². The Morgan fingerprint density at radius 1 is 0.962 bits per heavy atom. The third-order valence-electron chi connectivity index (χ3n) is 5.52. The summed E-state index contributed by atoms with van der Waals surface area (Å²) in [5.41, 5.74) is 4.17. The molecular weight excluding hydrogens is 344 g/mol. The minimum absolute atomic E-state index is 0.810. The van der Waals surface area contributed by atoms with E-state index in [4.69, 9.17) is 16.3 Å². The molecule has 2 aromatic rings. The first kappa shape index (κ1) is 17.7. The number of hydrogen-bond donors (Lipinski definition) is 0. The van der Waals surface area contributed by atoms with Gasteiger partial charge in [0.15, 0.2) is 0 Å². The zero-order valence-corrected chi connectivity index (χ0v) is 16.0. The van der Waals surface area contributed by atoms with Crippen molar-refractivity contribution in [3.05, 3.63) is 58.6 Å². The first-order valence-corrected chi connectivity index (χ1v) is 10.1. The van der Waals surface area contributed by atoms with E-state index in [1.54, 1.807) is 0 Å². The number of aryl methyl sites for hydroxylation is 1. The van der Waals surface area contributed by atoms with Crippen molar-refractivity contribution in [3.8, 4) is 5.75 Å². The van der Waals surface area contributed by atoms with Crippen LogP contribution in [0, 0.1) is 0 Å². The summed E-state index contributed by atoms with van der Waals surface area (Å²) in [6, 6.07) is 14.7. The highest BCUT2D eigenvalue weighted by atomic mass is 35.5. The number of fused-ring (bicyclic) bond motifs is 1. The van der Waals surface area contributed by atoms with Gasteiger partial charge in [-0.3, -0.25) is 4.90 Å². The molecule has 0 radical (unpaired) electrons. The average molecular weight is 371 g/mol. The topological polar surface area (TPSA) is 15.7 Å². The van der Waals surface area contributed by atoms with Crippen molar-refractivity contribution in [2.75, 3.05) is 44.2 Å². The van der Waals surface area contributed by atoms with Gasteiger partial charge < -0.3 is 9.64 Å². The van der Waals surface area contributed by atoms with Gasteiger partial charge in [0, 0.05) is 43.4 Å². The molecule has 138 valence electrons. The molecule has 0 amide bonds. The summed E-state index contributed by atoms with van der Waals surface area (Å²) < 4.78 is 6.09. The monoisotopic (exact) mass is 370 g/mol. The Morgan fingerprint density at radius 3 is 2.65 bits per heavy atom. The van der Waals surface area contributed by atoms with Gasteiger partial charge >= 0.3 is 0 Å². The number of halogens is 1. The fourth-order valence-corrected chi connectivity index (χ4v) is 4.28. The second-order valence-corrected chi connectivity index (χ2v) is 7.69. The number of rotatable bonds is 6. The number of nitrogens with zero attached hydrogens (tertiary/aromatic N) is 2. The van der Waals surface area contributed by atoms with Crippen molar-refractivity contribution < 1.29 is 4.74 Å². The Bertz CT molecular complexity index is 741. The van der Waals surface area contributed by atoms with Crippen LogP contribution >= 0.6 is 11.6 Å². The first-order chi connectivity index (χ1) is 12.8. The van der Waals surface area contributed by atoms with E-state index in [0.717, 1.165) is 56.5 Å². The lowest BCUT2D eigenvalue weighted by molar-refractivity contribution is 0.224. The Balaban J connectivity index is 1.19. The van der Waals surface area contributed by atoms with Gasteiger partial charge in [0.25, 0.3) is 0 Å². The predicted octanol–water partition coefficient (Wildman–Crippen LogP) is 4.42. The summed E-state index contributed by atoms with van der Waals surface area (Å²) >= 11 is 6.11. The van der Waals surface area contributed by atoms with E-state index in [9.17, 15) is 0 Å². The lowest BCUT2D eigenvalue weighted by atomic mass is 10.1. The van der Waals surface area contributed by atoms with Crippen LogP contribution in [0.5, 0.6) is 5.75 Å². The summed E-state index contributed by atoms with van der Waals surface area (Å²) in [6.45, 7) is 6.25. The molecule has 4 heteroatoms. The molecule has 0 atom stereocenters. The number of benzene rings is 2. The van der Waals surface area contributed by atoms with Crippen LogP contribution in [0.3, 0.4) is 0 Å². The van der Waals surface area contributed by atoms with Crippen LogP contribution in [0.25, 0.3) is 0 Å². The minimum Gasteiger partial charge on any atom is -0.493 e. The summed E-state index contributed by atoms with van der Waals surface area (Å²) in [5, 5.41) is 0.814. The lowest BCUT2D eigenvalue weighted by Gasteiger charge is -2.36. The third-order valence-corrected chi connectivity index (χ3v) is 5.76. The summed E-state index contributed by atoms with van der Waals surface area (Å²) in [5.74, 6) is 1.12. The Kier molecular flexibility index (Phi) is 5.66. The third kappa shape index (κ3) is 4.16. The zero-order chi connectivity index (χ0) is 17.8. The molecule has 0 spiro atoms. The number of anilines is 1. The van der Waals surface area contributed by atoms with Crippen LogP contribution in [0.2, 0.25) is 5.02 Å². The van der Waals surface area contributed by atoms with Crippen LogP contribution in [-0.2, 0) is 12.8 Å². The SMILES string of the molecule is Clc1cccc(N2CCN(CCCOc3cccc4c3CCC4)CC2)c1. The van der Waals surface area contributed by atoms with Gasteiger partial charge in [0.2, 0.25) is 0 Å². The lowest BCUT2D eigenvalue weighted by Crippen LogP contribution is -2.46. The van der Waals surface area contributed by atoms with Gasteiger partial charge in [0.1, 0.15) is 5.75 Å². The molecule has 2 aliphatic rings. The molecule has 0 aromatic heterocycles. The van der Waals surface area contributed by atoms with Crippen LogP contribution in [0.1, 0.15) is 24.0 Å². The van der Waals surface area contributed by atoms with Gasteiger partial charge in [0.05, 0.1) is 6.61 Å². The van der Waals surface area contributed by atoms with E-state index in [2.05, 4.69) is 40.1 Å². The number of piperazine rings is 1. The number of hydrogen-bond acceptors (Lipinski definition) is 3. The molecule has 26 heavy (non-hydrogen) atoms. The van der Waals surface area contributed by atoms with E-state index in [1.807, 2.05) is 12.1 Å². The van der Waals surface area contributed by atoms with Crippen LogP contribution in [-0.4, -0.2) is 44.2 Å². The van der Waals surface area contributed by atoms with Crippen molar-refractivity contribution >= 4 is 17.3 Å². The largest absolute Gasteiger partial charge is 0.493 e. The average Bonchev–Trinajstić information content (AvgIpc) is 3.15. The Morgan fingerprint density at radius 2 is 1.81 bits per heavy atom. The van der Waals surface area contributed by atoms with E-state index in [0.29, 0.717) is 0 Å². The molecular formula is C22H27ClN2O. The van der Waals surface area contributed by atoms with E-state index >= 15 is 0 Å². The van der Waals surface area contributed by atoms with Crippen molar-refractivity contribution in [3.63, 3.8) is 0 Å². The van der Waals surface area contributed by atoms with Gasteiger partial charge in [-0.05, 0) is 61.1 Å². The molecule has 0 N–H and O–H groups in total. The Hall–Kier alpha value is -1.71. The summed E-state index contributed by atoms with van der Waals surface area (Å²) in [7, 11) is 0. The van der Waals surface area contributed by atoms with E-state index in [-0.39, 0.29) is 0 Å². The quantitative estimate of drug-likeness (QED) is 0.700. The fraction of sp³-hybridized carbons (Fsp3) is 0.455. The van der Waals surface area contributed by atoms with Crippen molar-refractivity contribution in [2.45, 2.75) is 25.7 Å². The predicted molar refractivity (Wildman–Crippen MR) is 109 cm³/mol. The number of ether oxygens (including phenoxy) is 1. The molecule has 1 aliphatic heterocycles. The fourth-order valence-electron chi connectivity index (χ4n) is 4.09. The summed E-state index contributed by atoms with van der Waals surface area (Å²) in [6.07, 6.45) is 4.74. The maximum atomic E-state index is 6.11. The molecule has 0 unspecified atom stereocenters. The molecule has 2 aromatic carbocycles. The van der Waals surface area contributed by atoms with Gasteiger partial charge in [-0.1, -0.05) is 29.8 Å². The first-order valence-electron chi connectivity index (χ1n) is 9.76. The molecule has 1 heterocycles. The van der Waals surface area contributed by atoms with Crippen LogP contribution in [0.4, 0.5) is 5.69 Å². The summed E-state index contributed by atoms with van der Waals surface area (Å²) in [4.78, 5) is 4.96.